The predicted molar refractivity (Wildman–Crippen MR) is 360 cm³/mol. The van der Waals surface area contributed by atoms with E-state index in [1.54, 1.807) is 0 Å². The average molecular weight is 1110 g/mol. The van der Waals surface area contributed by atoms with Gasteiger partial charge in [-0.3, -0.25) is 4.57 Å². The molecule has 84 heavy (non-hydrogen) atoms. The molecule has 0 atom stereocenters. The second-order valence-corrected chi connectivity index (χ2v) is 31.1. The molecule has 4 nitrogen and oxygen atoms in total. The first-order valence-electron chi connectivity index (χ1n) is 31.0. The van der Waals surface area contributed by atoms with E-state index in [4.69, 9.17) is 4.98 Å². The van der Waals surface area contributed by atoms with Crippen LogP contribution in [-0.4, -0.2) is 21.0 Å². The summed E-state index contributed by atoms with van der Waals surface area (Å²) < 4.78 is 7.90. The Morgan fingerprint density at radius 3 is 1.75 bits per heavy atom. The SMILES string of the molecule is CC(C)(C)c1ccc(N2B3c4cc5nc(-c6ccccc6)n(-c6ccccc6)c5cc4-n4c5cc6c(cc5c5c7sc8ccccc8c7c(c3c54)-c3cc4c(cc32)-c2cc3c(cc2C4(C)C)C(C)(C)CCC3(C)C)C(C)(C)CCC6(C)C)cc1. The smallest absolute Gasteiger partial charge is 0.333 e. The van der Waals surface area contributed by atoms with Crippen LogP contribution in [0.25, 0.3) is 98.0 Å². The van der Waals surface area contributed by atoms with Crippen LogP contribution in [-0.2, 0) is 32.5 Å². The van der Waals surface area contributed by atoms with Crippen molar-refractivity contribution >= 4 is 93.5 Å². The van der Waals surface area contributed by atoms with Crippen LogP contribution < -0.4 is 15.7 Å². The summed E-state index contributed by atoms with van der Waals surface area (Å²) in [6, 6.07) is 61.8. The van der Waals surface area contributed by atoms with Crippen molar-refractivity contribution in [2.45, 2.75) is 148 Å². The molecule has 0 spiro atoms. The number of aromatic nitrogens is 3. The normalized spacial score (nSPS) is 18.1. The Kier molecular flexibility index (Phi) is 9.92. The number of benzene rings is 9. The summed E-state index contributed by atoms with van der Waals surface area (Å²) in [5.41, 5.74) is 28.9. The molecule has 12 aromatic rings. The van der Waals surface area contributed by atoms with Gasteiger partial charge in [-0.2, -0.15) is 0 Å². The molecule has 0 fully saturated rings. The van der Waals surface area contributed by atoms with Crippen LogP contribution in [0.4, 0.5) is 11.4 Å². The van der Waals surface area contributed by atoms with Crippen molar-refractivity contribution in [3.05, 3.63) is 197 Å². The summed E-state index contributed by atoms with van der Waals surface area (Å²) in [7, 11) is 0. The highest BCUT2D eigenvalue weighted by Gasteiger charge is 2.50. The first-order chi connectivity index (χ1) is 40.0. The molecular formula is C78H73BN4S. The first kappa shape index (κ1) is 50.8. The Balaban J connectivity index is 1.08. The van der Waals surface area contributed by atoms with E-state index >= 15 is 0 Å². The van der Waals surface area contributed by atoms with Crippen LogP contribution in [0, 0.1) is 0 Å². The van der Waals surface area contributed by atoms with Gasteiger partial charge < -0.3 is 9.38 Å². The molecular weight excluding hydrogens is 1040 g/mol. The highest BCUT2D eigenvalue weighted by atomic mass is 32.1. The fourth-order valence-electron chi connectivity index (χ4n) is 16.7. The van der Waals surface area contributed by atoms with Crippen molar-refractivity contribution in [1.29, 1.82) is 0 Å². The summed E-state index contributed by atoms with van der Waals surface area (Å²) >= 11 is 2.00. The van der Waals surface area contributed by atoms with Gasteiger partial charge in [-0.1, -0.05) is 175 Å². The number of imidazole rings is 1. The maximum atomic E-state index is 5.77. The number of rotatable bonds is 3. The van der Waals surface area contributed by atoms with Gasteiger partial charge >= 0.3 is 6.85 Å². The molecule has 0 radical (unpaired) electrons. The molecule has 0 bridgehead atoms. The van der Waals surface area contributed by atoms with E-state index in [2.05, 4.69) is 262 Å². The largest absolute Gasteiger partial charge is 0.376 e. The molecule has 6 heteroatoms. The number of hydrogen-bond acceptors (Lipinski definition) is 3. The molecule has 0 saturated carbocycles. The zero-order valence-electron chi connectivity index (χ0n) is 51.1. The molecule has 0 N–H and O–H groups in total. The summed E-state index contributed by atoms with van der Waals surface area (Å²) in [5, 5.41) is 5.47. The van der Waals surface area contributed by atoms with Gasteiger partial charge in [-0.15, -0.1) is 11.3 Å². The predicted octanol–water partition coefficient (Wildman–Crippen LogP) is 19.7. The number of nitrogens with zero attached hydrogens (tertiary/aromatic N) is 4. The van der Waals surface area contributed by atoms with Crippen molar-refractivity contribution in [1.82, 2.24) is 14.1 Å². The molecule has 17 rings (SSSR count). The molecule has 5 heterocycles. The van der Waals surface area contributed by atoms with Crippen molar-refractivity contribution in [3.8, 4) is 45.0 Å². The van der Waals surface area contributed by atoms with E-state index < -0.39 is 0 Å². The summed E-state index contributed by atoms with van der Waals surface area (Å²) in [6.45, 7) is 31.7. The molecule has 3 aliphatic carbocycles. The minimum Gasteiger partial charge on any atom is -0.376 e. The van der Waals surface area contributed by atoms with Gasteiger partial charge in [-0.05, 0) is 192 Å². The summed E-state index contributed by atoms with van der Waals surface area (Å²) in [4.78, 5) is 8.56. The minimum atomic E-state index is -0.237. The topological polar surface area (TPSA) is 26.0 Å². The third kappa shape index (κ3) is 6.64. The zero-order valence-corrected chi connectivity index (χ0v) is 51.9. The lowest BCUT2D eigenvalue weighted by Crippen LogP contribution is -2.60. The maximum absolute atomic E-state index is 5.77. The lowest BCUT2D eigenvalue weighted by atomic mass is 9.43. The molecule has 2 aliphatic heterocycles. The molecule has 5 aliphatic rings. The lowest BCUT2D eigenvalue weighted by Gasteiger charge is -2.43. The van der Waals surface area contributed by atoms with Crippen LogP contribution in [0.2, 0.25) is 0 Å². The van der Waals surface area contributed by atoms with Crippen LogP contribution in [0.15, 0.2) is 158 Å². The quantitative estimate of drug-likeness (QED) is 0.165. The van der Waals surface area contributed by atoms with Crippen molar-refractivity contribution in [3.63, 3.8) is 0 Å². The third-order valence-electron chi connectivity index (χ3n) is 21.8. The monoisotopic (exact) mass is 1110 g/mol. The molecule has 0 saturated heterocycles. The van der Waals surface area contributed by atoms with Gasteiger partial charge in [0.1, 0.15) is 5.82 Å². The van der Waals surface area contributed by atoms with Gasteiger partial charge in [-0.25, -0.2) is 4.98 Å². The number of anilines is 2. The second kappa shape index (κ2) is 16.4. The molecule has 3 aromatic heterocycles. The Morgan fingerprint density at radius 1 is 0.488 bits per heavy atom. The van der Waals surface area contributed by atoms with Crippen molar-refractivity contribution < 1.29 is 0 Å². The fourth-order valence-corrected chi connectivity index (χ4v) is 18.0. The van der Waals surface area contributed by atoms with E-state index in [9.17, 15) is 0 Å². The van der Waals surface area contributed by atoms with Gasteiger partial charge in [0.15, 0.2) is 0 Å². The van der Waals surface area contributed by atoms with Gasteiger partial charge in [0.05, 0.1) is 22.1 Å². The van der Waals surface area contributed by atoms with E-state index in [0.29, 0.717) is 0 Å². The highest BCUT2D eigenvalue weighted by Crippen LogP contribution is 2.60. The Hall–Kier alpha value is -7.67. The van der Waals surface area contributed by atoms with E-state index in [0.717, 1.165) is 41.0 Å². The standard InChI is InChI=1S/C78H73BN4S/c1-73(2,3)45-28-30-47(31-29-45)83-62-39-50-49-36-55-57(76(8,9)34-32-74(55,4)5)40-54(49)78(12,13)53(50)37-52(62)66-67-48-26-20-21-27-65(48)84-71(67)68-51-38-56-58(77(10,11)35-33-75(56,6)7)41-61(51)82-63-43-64-60(42-59(63)79(83)69(66)70(68)82)80-72(44-22-16-14-17-23-44)81(64)46-24-18-15-19-25-46/h14-31,36-43H,32-35H2,1-13H3. The van der Waals surface area contributed by atoms with Crippen LogP contribution in [0.1, 0.15) is 155 Å². The van der Waals surface area contributed by atoms with E-state index in [-0.39, 0.29) is 39.3 Å². The average Bonchev–Trinajstić information content (AvgIpc) is 1.51. The molecule has 414 valence electrons. The minimum absolute atomic E-state index is 0.00708. The number of hydrogen-bond donors (Lipinski definition) is 0. The third-order valence-corrected chi connectivity index (χ3v) is 22.9. The van der Waals surface area contributed by atoms with Crippen LogP contribution in [0.3, 0.4) is 0 Å². The number of fused-ring (bicyclic) bond motifs is 19. The highest BCUT2D eigenvalue weighted by molar-refractivity contribution is 7.27. The van der Waals surface area contributed by atoms with E-state index in [1.165, 1.54) is 144 Å². The van der Waals surface area contributed by atoms with Gasteiger partial charge in [0.2, 0.25) is 0 Å². The van der Waals surface area contributed by atoms with Crippen LogP contribution in [0.5, 0.6) is 0 Å². The zero-order chi connectivity index (χ0) is 57.7. The summed E-state index contributed by atoms with van der Waals surface area (Å²) in [5.74, 6) is 0.944. The maximum Gasteiger partial charge on any atom is 0.333 e. The van der Waals surface area contributed by atoms with Gasteiger partial charge in [0, 0.05) is 70.2 Å². The molecule has 9 aromatic carbocycles. The lowest BCUT2D eigenvalue weighted by molar-refractivity contribution is 0.331. The molecule has 0 unspecified atom stereocenters. The Labute approximate surface area is 499 Å². The van der Waals surface area contributed by atoms with E-state index in [1.807, 2.05) is 11.3 Å². The molecule has 0 amide bonds. The van der Waals surface area contributed by atoms with Crippen molar-refractivity contribution in [2.24, 2.45) is 0 Å². The Morgan fingerprint density at radius 2 is 1.07 bits per heavy atom. The first-order valence-corrected chi connectivity index (χ1v) is 31.8. The van der Waals surface area contributed by atoms with Crippen LogP contribution >= 0.6 is 11.3 Å². The fraction of sp³-hybridized carbons (Fsp3) is 0.295. The Bertz CT molecular complexity index is 4900. The van der Waals surface area contributed by atoms with Crippen molar-refractivity contribution in [2.75, 3.05) is 4.81 Å². The number of thiophene rings is 1. The second-order valence-electron chi connectivity index (χ2n) is 30.0. The summed E-state index contributed by atoms with van der Waals surface area (Å²) in [6.07, 6.45) is 4.68. The van der Waals surface area contributed by atoms with Gasteiger partial charge in [0.25, 0.3) is 0 Å². The number of para-hydroxylation sites is 1.